The van der Waals surface area contributed by atoms with Gasteiger partial charge in [-0.05, 0) is 257 Å². The summed E-state index contributed by atoms with van der Waals surface area (Å²) >= 11 is 0. The van der Waals surface area contributed by atoms with Crippen LogP contribution in [0.1, 0.15) is 105 Å². The third-order valence-corrected chi connectivity index (χ3v) is 22.2. The average Bonchev–Trinajstić information content (AvgIpc) is 0.687. The van der Waals surface area contributed by atoms with Gasteiger partial charge < -0.3 is 9.80 Å². The molecule has 16 aromatic rings. The van der Waals surface area contributed by atoms with Gasteiger partial charge in [0.15, 0.2) is 17.5 Å². The van der Waals surface area contributed by atoms with E-state index in [-0.39, 0.29) is 28.4 Å². The second-order valence-electron chi connectivity index (χ2n) is 33.9. The van der Waals surface area contributed by atoms with Crippen molar-refractivity contribution in [2.45, 2.75) is 105 Å². The minimum Gasteiger partial charge on any atom is -0.311 e. The van der Waals surface area contributed by atoms with E-state index in [1.165, 1.54) is 81.7 Å². The van der Waals surface area contributed by atoms with Crippen LogP contribution in [-0.2, 0) is 21.7 Å². The van der Waals surface area contributed by atoms with E-state index in [9.17, 15) is 0 Å². The summed E-state index contributed by atoms with van der Waals surface area (Å²) in [5.41, 5.74) is 25.9. The molecule has 5 nitrogen and oxygen atoms in total. The van der Waals surface area contributed by atoms with Gasteiger partial charge >= 0.3 is 0 Å². The first kappa shape index (κ1) is 66.9. The quantitative estimate of drug-likeness (QED) is 0.106. The van der Waals surface area contributed by atoms with Crippen LogP contribution < -0.4 is 26.2 Å². The molecule has 0 fully saturated rings. The largest absolute Gasteiger partial charge is 0.311 e. The molecule has 18 rings (SSSR count). The summed E-state index contributed by atoms with van der Waals surface area (Å²) in [7, 11) is 0. The van der Waals surface area contributed by atoms with Crippen molar-refractivity contribution in [3.8, 4) is 78.7 Å². The van der Waals surface area contributed by atoms with E-state index >= 15 is 0 Å². The number of hydrogen-bond donors (Lipinski definition) is 0. The van der Waals surface area contributed by atoms with Crippen LogP contribution in [0.3, 0.4) is 0 Å². The van der Waals surface area contributed by atoms with Gasteiger partial charge in [-0.15, -0.1) is 0 Å². The number of nitrogens with zero attached hydrogens (tertiary/aromatic N) is 5. The van der Waals surface area contributed by atoms with Gasteiger partial charge in [0.05, 0.1) is 0 Å². The molecule has 1 aromatic heterocycles. The molecular formula is C101H86BN5. The van der Waals surface area contributed by atoms with E-state index in [0.717, 1.165) is 95.3 Å². The fourth-order valence-corrected chi connectivity index (χ4v) is 16.2. The lowest BCUT2D eigenvalue weighted by atomic mass is 9.33. The molecule has 0 N–H and O–H groups in total. The molecule has 0 spiro atoms. The monoisotopic (exact) mass is 1380 g/mol. The Kier molecular flexibility index (Phi) is 15.9. The van der Waals surface area contributed by atoms with Gasteiger partial charge in [-0.2, -0.15) is 0 Å². The van der Waals surface area contributed by atoms with Crippen molar-refractivity contribution in [3.63, 3.8) is 0 Å². The molecule has 2 aliphatic rings. The summed E-state index contributed by atoms with van der Waals surface area (Å²) in [6.45, 7) is 28.0. The lowest BCUT2D eigenvalue weighted by Crippen LogP contribution is -2.61. The zero-order valence-corrected chi connectivity index (χ0v) is 63.2. The van der Waals surface area contributed by atoms with Gasteiger partial charge in [-0.25, -0.2) is 15.0 Å². The molecular weight excluding hydrogens is 1290 g/mol. The number of benzene rings is 15. The molecule has 0 bridgehead atoms. The highest BCUT2D eigenvalue weighted by Crippen LogP contribution is 2.51. The highest BCUT2D eigenvalue weighted by Gasteiger charge is 2.45. The Morgan fingerprint density at radius 1 is 0.215 bits per heavy atom. The average molecular weight is 1380 g/mol. The molecule has 0 saturated heterocycles. The Labute approximate surface area is 630 Å². The maximum absolute atomic E-state index is 5.94. The Hall–Kier alpha value is -12.0. The van der Waals surface area contributed by atoms with Crippen molar-refractivity contribution in [1.82, 2.24) is 15.0 Å². The molecule has 3 heterocycles. The number of hydrogen-bond acceptors (Lipinski definition) is 5. The standard InChI is InChI=1S/C101H86BN5/c1-98(2,3)82-57-83(99(4,5)6)60-86(59-82)106-90-53-77-43-69-39-27-25-37-67(69)41-75(77)51-88(90)102-89-52-76-42-68-38-26-28-40-70(68)44-78(76)54-91(89)107(87-61-84(100(7,8)9)58-85(62-87)101(10,11)12)93-56-81(55-92(106)94(93)102)97-104-95(79-47-71(63-29-17-13-18-30-63)45-72(48-79)64-31-19-14-20-32-64)103-96(105-97)80-49-73(65-33-21-15-22-34-65)46-74(50-80)66-35-23-16-24-36-66/h13-62H,1-12H3. The lowest BCUT2D eigenvalue weighted by molar-refractivity contribution is 0.568. The third kappa shape index (κ3) is 12.3. The van der Waals surface area contributed by atoms with Crippen LogP contribution in [0.2, 0.25) is 0 Å². The number of aromatic nitrogens is 3. The van der Waals surface area contributed by atoms with Gasteiger partial charge in [0.1, 0.15) is 0 Å². The molecule has 0 atom stereocenters. The van der Waals surface area contributed by atoms with Crippen LogP contribution >= 0.6 is 0 Å². The summed E-state index contributed by atoms with van der Waals surface area (Å²) in [5, 5.41) is 9.61. The molecule has 0 aliphatic carbocycles. The fourth-order valence-electron chi connectivity index (χ4n) is 16.2. The molecule has 0 unspecified atom stereocenters. The summed E-state index contributed by atoms with van der Waals surface area (Å²) in [6.07, 6.45) is 0. The Morgan fingerprint density at radius 2 is 0.467 bits per heavy atom. The van der Waals surface area contributed by atoms with Gasteiger partial charge in [-0.1, -0.05) is 277 Å². The Balaban J connectivity index is 1.01. The summed E-state index contributed by atoms with van der Waals surface area (Å²) < 4.78 is 0. The van der Waals surface area contributed by atoms with Gasteiger partial charge in [0.25, 0.3) is 6.71 Å². The van der Waals surface area contributed by atoms with Crippen LogP contribution in [0.5, 0.6) is 0 Å². The summed E-state index contributed by atoms with van der Waals surface area (Å²) in [6, 6.07) is 114. The molecule has 518 valence electrons. The van der Waals surface area contributed by atoms with Crippen LogP contribution in [0, 0.1) is 0 Å². The van der Waals surface area contributed by atoms with Crippen molar-refractivity contribution in [1.29, 1.82) is 0 Å². The van der Waals surface area contributed by atoms with Crippen molar-refractivity contribution < 1.29 is 0 Å². The highest BCUT2D eigenvalue weighted by molar-refractivity contribution is 7.00. The predicted octanol–water partition coefficient (Wildman–Crippen LogP) is 25.4. The molecule has 15 aromatic carbocycles. The molecule has 0 saturated carbocycles. The van der Waals surface area contributed by atoms with Crippen LogP contribution in [0.15, 0.2) is 303 Å². The van der Waals surface area contributed by atoms with E-state index in [0.29, 0.717) is 17.5 Å². The van der Waals surface area contributed by atoms with Gasteiger partial charge in [0.2, 0.25) is 0 Å². The smallest absolute Gasteiger partial charge is 0.252 e. The van der Waals surface area contributed by atoms with Crippen LogP contribution in [-0.4, -0.2) is 21.7 Å². The summed E-state index contributed by atoms with van der Waals surface area (Å²) in [4.78, 5) is 22.9. The zero-order valence-electron chi connectivity index (χ0n) is 63.2. The van der Waals surface area contributed by atoms with E-state index in [4.69, 9.17) is 15.0 Å². The first-order valence-corrected chi connectivity index (χ1v) is 37.8. The number of rotatable bonds is 9. The SMILES string of the molecule is CC(C)(C)c1cc(N2c3cc4cc5ccccc5cc4cc3B3c4cc5cc6ccccc6cc5cc4N(c4cc(C(C)(C)C)cc(C(C)(C)C)c4)c4cc(-c5nc(-c6cc(-c7ccccc7)cc(-c7ccccc7)c6)nc(-c6cc(-c7ccccc7)cc(-c7ccccc7)c6)n5)cc2c43)cc(C(C)(C)C)c1. The minimum atomic E-state index is -0.238. The minimum absolute atomic E-state index is 0.196. The number of anilines is 6. The maximum Gasteiger partial charge on any atom is 0.252 e. The zero-order chi connectivity index (χ0) is 73.4. The summed E-state index contributed by atoms with van der Waals surface area (Å²) in [5.74, 6) is 1.69. The topological polar surface area (TPSA) is 45.2 Å². The molecule has 0 amide bonds. The Bertz CT molecular complexity index is 5680. The van der Waals surface area contributed by atoms with Crippen molar-refractivity contribution in [2.75, 3.05) is 9.80 Å². The highest BCUT2D eigenvalue weighted by atomic mass is 15.2. The normalized spacial score (nSPS) is 13.0. The molecule has 0 radical (unpaired) electrons. The van der Waals surface area contributed by atoms with Gasteiger partial charge in [0, 0.05) is 50.8 Å². The fraction of sp³-hybridized carbons (Fsp3) is 0.158. The van der Waals surface area contributed by atoms with Crippen molar-refractivity contribution in [3.05, 3.63) is 326 Å². The first-order chi connectivity index (χ1) is 51.5. The second-order valence-corrected chi connectivity index (χ2v) is 33.9. The predicted molar refractivity (Wildman–Crippen MR) is 457 cm³/mol. The maximum atomic E-state index is 5.94. The molecule has 6 heteroatoms. The lowest BCUT2D eigenvalue weighted by Gasteiger charge is -2.45. The first-order valence-electron chi connectivity index (χ1n) is 37.8. The van der Waals surface area contributed by atoms with Gasteiger partial charge in [-0.3, -0.25) is 0 Å². The second kappa shape index (κ2) is 25.4. The van der Waals surface area contributed by atoms with E-state index in [1.807, 2.05) is 0 Å². The molecule has 107 heavy (non-hydrogen) atoms. The Morgan fingerprint density at radius 3 is 0.748 bits per heavy atom. The van der Waals surface area contributed by atoms with E-state index in [2.05, 4.69) is 396 Å². The van der Waals surface area contributed by atoms with E-state index < -0.39 is 0 Å². The molecule has 2 aliphatic heterocycles. The number of fused-ring (bicyclic) bond motifs is 8. The van der Waals surface area contributed by atoms with Crippen LogP contribution in [0.4, 0.5) is 34.1 Å². The van der Waals surface area contributed by atoms with E-state index in [1.54, 1.807) is 0 Å². The van der Waals surface area contributed by atoms with Crippen molar-refractivity contribution in [2.24, 2.45) is 0 Å². The third-order valence-electron chi connectivity index (χ3n) is 22.2. The van der Waals surface area contributed by atoms with Crippen LogP contribution in [0.25, 0.3) is 122 Å². The van der Waals surface area contributed by atoms with Crippen molar-refractivity contribution >= 4 is 100 Å².